The highest BCUT2D eigenvalue weighted by Crippen LogP contribution is 2.31. The fourth-order valence-corrected chi connectivity index (χ4v) is 2.51. The molecule has 0 saturated carbocycles. The molecule has 2 heterocycles. The van der Waals surface area contributed by atoms with Crippen molar-refractivity contribution in [2.45, 2.75) is 69.5 Å². The summed E-state index contributed by atoms with van der Waals surface area (Å²) in [4.78, 5) is 9.43. The van der Waals surface area contributed by atoms with Crippen LogP contribution in [-0.2, 0) is 10.8 Å². The van der Waals surface area contributed by atoms with E-state index in [0.717, 1.165) is 16.5 Å². The molecule has 0 radical (unpaired) electrons. The third kappa shape index (κ3) is 3.58. The zero-order valence-electron chi connectivity index (χ0n) is 14.3. The Hall–Kier alpha value is -1.63. The lowest BCUT2D eigenvalue weighted by Gasteiger charge is -2.23. The van der Waals surface area contributed by atoms with E-state index in [-0.39, 0.29) is 10.8 Å². The molecule has 0 unspecified atom stereocenters. The van der Waals surface area contributed by atoms with Gasteiger partial charge in [-0.05, 0) is 24.8 Å². The quantitative estimate of drug-likeness (QED) is 0.677. The zero-order chi connectivity index (χ0) is 16.7. The van der Waals surface area contributed by atoms with Crippen molar-refractivity contribution in [1.29, 1.82) is 0 Å². The lowest BCUT2D eigenvalue weighted by Crippen LogP contribution is -2.22. The molecule has 0 aliphatic heterocycles. The van der Waals surface area contributed by atoms with E-state index in [1.54, 1.807) is 0 Å². The van der Waals surface area contributed by atoms with Gasteiger partial charge in [0.15, 0.2) is 0 Å². The Labute approximate surface area is 135 Å². The van der Waals surface area contributed by atoms with E-state index < -0.39 is 0 Å². The van der Waals surface area contributed by atoms with Crippen molar-refractivity contribution < 1.29 is 0 Å². The van der Waals surface area contributed by atoms with Crippen molar-refractivity contribution in [3.8, 4) is 0 Å². The van der Waals surface area contributed by atoms with E-state index >= 15 is 0 Å². The highest BCUT2D eigenvalue weighted by molar-refractivity contribution is 7.99. The van der Waals surface area contributed by atoms with Crippen LogP contribution in [-0.4, -0.2) is 24.8 Å². The van der Waals surface area contributed by atoms with E-state index in [1.165, 1.54) is 16.4 Å². The van der Waals surface area contributed by atoms with Crippen LogP contribution in [0.2, 0.25) is 0 Å². The van der Waals surface area contributed by atoms with Crippen LogP contribution in [0, 0.1) is 6.92 Å². The Morgan fingerprint density at radius 1 is 1.00 bits per heavy atom. The van der Waals surface area contributed by atoms with Crippen molar-refractivity contribution in [2.24, 2.45) is 0 Å². The van der Waals surface area contributed by atoms with Crippen molar-refractivity contribution in [2.75, 3.05) is 5.84 Å². The van der Waals surface area contributed by atoms with Gasteiger partial charge in [-0.15, -0.1) is 10.2 Å². The molecular weight excluding hydrogens is 296 g/mol. The van der Waals surface area contributed by atoms with E-state index in [2.05, 4.69) is 56.7 Å². The molecule has 0 aromatic carbocycles. The van der Waals surface area contributed by atoms with Gasteiger partial charge < -0.3 is 5.84 Å². The van der Waals surface area contributed by atoms with Gasteiger partial charge in [0.1, 0.15) is 16.7 Å². The number of aromatic nitrogens is 5. The average molecular weight is 320 g/mol. The normalized spacial score (nSPS) is 12.7. The Bertz CT molecular complexity index is 646. The van der Waals surface area contributed by atoms with Gasteiger partial charge >= 0.3 is 0 Å². The van der Waals surface area contributed by atoms with Crippen LogP contribution in [0.4, 0.5) is 0 Å². The summed E-state index contributed by atoms with van der Waals surface area (Å²) in [7, 11) is 0. The van der Waals surface area contributed by atoms with E-state index in [9.17, 15) is 0 Å². The maximum absolute atomic E-state index is 5.93. The maximum atomic E-state index is 5.93. The van der Waals surface area contributed by atoms with Crippen molar-refractivity contribution >= 4 is 11.8 Å². The monoisotopic (exact) mass is 320 g/mol. The second-order valence-corrected chi connectivity index (χ2v) is 8.40. The van der Waals surface area contributed by atoms with Gasteiger partial charge in [0.05, 0.1) is 5.69 Å². The predicted octanol–water partition coefficient (Wildman–Crippen LogP) is 2.84. The largest absolute Gasteiger partial charge is 0.336 e. The molecule has 0 atom stereocenters. The average Bonchev–Trinajstić information content (AvgIpc) is 2.68. The molecule has 0 spiro atoms. The number of hydrogen-bond acceptors (Lipinski definition) is 6. The third-order valence-corrected chi connectivity index (χ3v) is 4.05. The number of nitrogen functional groups attached to an aromatic ring is 1. The molecule has 2 rings (SSSR count). The molecule has 0 saturated heterocycles. The van der Waals surface area contributed by atoms with Crippen LogP contribution in [0.1, 0.15) is 58.9 Å². The Balaban J connectivity index is 2.49. The van der Waals surface area contributed by atoms with Gasteiger partial charge in [-0.1, -0.05) is 41.5 Å². The second kappa shape index (κ2) is 5.53. The van der Waals surface area contributed by atoms with Gasteiger partial charge in [0.2, 0.25) is 5.16 Å². The Morgan fingerprint density at radius 3 is 2.09 bits per heavy atom. The Morgan fingerprint density at radius 2 is 1.64 bits per heavy atom. The smallest absolute Gasteiger partial charge is 0.216 e. The summed E-state index contributed by atoms with van der Waals surface area (Å²) in [5.74, 6) is 7.42. The predicted molar refractivity (Wildman–Crippen MR) is 88.5 cm³/mol. The van der Waals surface area contributed by atoms with Gasteiger partial charge in [0.25, 0.3) is 0 Å². The lowest BCUT2D eigenvalue weighted by atomic mass is 9.90. The van der Waals surface area contributed by atoms with E-state index in [1.807, 2.05) is 13.0 Å². The molecule has 120 valence electrons. The standard InChI is InChI=1S/C15H24N6S/c1-9-19-20-13(21(9)16)22-11-8-10(14(2,3)4)17-12(18-11)15(5,6)7/h8H,16H2,1-7H3. The zero-order valence-corrected chi connectivity index (χ0v) is 15.1. The first-order chi connectivity index (χ1) is 9.98. The minimum absolute atomic E-state index is 0.0510. The molecule has 0 bridgehead atoms. The van der Waals surface area contributed by atoms with E-state index in [0.29, 0.717) is 11.0 Å². The summed E-state index contributed by atoms with van der Waals surface area (Å²) in [6.45, 7) is 14.6. The molecule has 0 aliphatic rings. The minimum atomic E-state index is -0.122. The molecule has 2 N–H and O–H groups in total. The van der Waals surface area contributed by atoms with Crippen LogP contribution in [0.15, 0.2) is 16.2 Å². The van der Waals surface area contributed by atoms with Crippen LogP contribution in [0.25, 0.3) is 0 Å². The van der Waals surface area contributed by atoms with Crippen molar-refractivity contribution in [3.63, 3.8) is 0 Å². The molecule has 0 fully saturated rings. The van der Waals surface area contributed by atoms with Gasteiger partial charge in [0, 0.05) is 10.8 Å². The first-order valence-electron chi connectivity index (χ1n) is 7.23. The summed E-state index contributed by atoms with van der Waals surface area (Å²) in [6.07, 6.45) is 0. The maximum Gasteiger partial charge on any atom is 0.216 e. The Kier molecular flexibility index (Phi) is 4.21. The number of hydrogen-bond donors (Lipinski definition) is 1. The van der Waals surface area contributed by atoms with Gasteiger partial charge in [-0.2, -0.15) is 0 Å². The summed E-state index contributed by atoms with van der Waals surface area (Å²) in [6, 6.07) is 2.00. The minimum Gasteiger partial charge on any atom is -0.336 e. The third-order valence-electron chi connectivity index (χ3n) is 3.17. The molecule has 2 aromatic heterocycles. The molecule has 7 heteroatoms. The molecule has 6 nitrogen and oxygen atoms in total. The molecule has 0 amide bonds. The van der Waals surface area contributed by atoms with Gasteiger partial charge in [-0.25, -0.2) is 14.6 Å². The molecule has 22 heavy (non-hydrogen) atoms. The first-order valence-corrected chi connectivity index (χ1v) is 8.05. The van der Waals surface area contributed by atoms with Crippen molar-refractivity contribution in [3.05, 3.63) is 23.4 Å². The lowest BCUT2D eigenvalue weighted by molar-refractivity contribution is 0.505. The molecular formula is C15H24N6S. The summed E-state index contributed by atoms with van der Waals surface area (Å²) >= 11 is 1.41. The highest BCUT2D eigenvalue weighted by Gasteiger charge is 2.24. The van der Waals surface area contributed by atoms with Crippen LogP contribution >= 0.6 is 11.8 Å². The van der Waals surface area contributed by atoms with Gasteiger partial charge in [-0.3, -0.25) is 0 Å². The summed E-state index contributed by atoms with van der Waals surface area (Å²) in [5, 5.41) is 9.52. The topological polar surface area (TPSA) is 82.5 Å². The van der Waals surface area contributed by atoms with Crippen molar-refractivity contribution in [1.82, 2.24) is 24.8 Å². The molecule has 2 aromatic rings. The fraction of sp³-hybridized carbons (Fsp3) is 0.600. The highest BCUT2D eigenvalue weighted by atomic mass is 32.2. The number of nitrogens with two attached hydrogens (primary N) is 1. The van der Waals surface area contributed by atoms with Crippen LogP contribution in [0.5, 0.6) is 0 Å². The number of aryl methyl sites for hydroxylation is 1. The number of nitrogens with zero attached hydrogens (tertiary/aromatic N) is 5. The number of rotatable bonds is 2. The van der Waals surface area contributed by atoms with E-state index in [4.69, 9.17) is 10.8 Å². The second-order valence-electron chi connectivity index (χ2n) is 7.42. The summed E-state index contributed by atoms with van der Waals surface area (Å²) < 4.78 is 1.47. The molecule has 0 aliphatic carbocycles. The van der Waals surface area contributed by atoms with Crippen LogP contribution < -0.4 is 5.84 Å². The first kappa shape index (κ1) is 16.7. The fourth-order valence-electron chi connectivity index (χ4n) is 1.71. The SMILES string of the molecule is Cc1nnc(Sc2cc(C(C)(C)C)nc(C(C)(C)C)n2)n1N. The van der Waals surface area contributed by atoms with Crippen LogP contribution in [0.3, 0.4) is 0 Å². The summed E-state index contributed by atoms with van der Waals surface area (Å²) in [5.41, 5.74) is 0.836.